The third kappa shape index (κ3) is 2.05. The number of nitrogens with zero attached hydrogens (tertiary/aromatic N) is 1. The second-order valence-corrected chi connectivity index (χ2v) is 3.74. The Morgan fingerprint density at radius 1 is 1.31 bits per heavy atom. The number of halogens is 2. The second-order valence-electron chi connectivity index (χ2n) is 3.33. The SMILES string of the molecule is NCc1ncccc1-c1ccc(F)c(Cl)c1. The highest BCUT2D eigenvalue weighted by molar-refractivity contribution is 6.31. The average molecular weight is 237 g/mol. The van der Waals surface area contributed by atoms with E-state index in [1.54, 1.807) is 18.3 Å². The molecule has 0 aliphatic heterocycles. The molecule has 0 bridgehead atoms. The number of rotatable bonds is 2. The first-order valence-electron chi connectivity index (χ1n) is 4.81. The van der Waals surface area contributed by atoms with E-state index in [4.69, 9.17) is 17.3 Å². The van der Waals surface area contributed by atoms with E-state index in [1.807, 2.05) is 12.1 Å². The molecule has 2 nitrogen and oxygen atoms in total. The van der Waals surface area contributed by atoms with Crippen LogP contribution in [0.1, 0.15) is 5.69 Å². The van der Waals surface area contributed by atoms with Gasteiger partial charge in [-0.05, 0) is 23.8 Å². The number of pyridine rings is 1. The smallest absolute Gasteiger partial charge is 0.141 e. The van der Waals surface area contributed by atoms with Gasteiger partial charge in [0.15, 0.2) is 0 Å². The fourth-order valence-electron chi connectivity index (χ4n) is 1.53. The van der Waals surface area contributed by atoms with Gasteiger partial charge in [-0.15, -0.1) is 0 Å². The molecule has 2 aromatic rings. The molecule has 0 aliphatic rings. The summed E-state index contributed by atoms with van der Waals surface area (Å²) in [7, 11) is 0. The summed E-state index contributed by atoms with van der Waals surface area (Å²) in [5.41, 5.74) is 8.06. The first-order chi connectivity index (χ1) is 7.72. The Balaban J connectivity index is 2.54. The molecule has 1 heterocycles. The largest absolute Gasteiger partial charge is 0.325 e. The van der Waals surface area contributed by atoms with Crippen LogP contribution >= 0.6 is 11.6 Å². The normalized spacial score (nSPS) is 10.4. The van der Waals surface area contributed by atoms with Gasteiger partial charge in [0.1, 0.15) is 5.82 Å². The van der Waals surface area contributed by atoms with Crippen LogP contribution < -0.4 is 5.73 Å². The van der Waals surface area contributed by atoms with Crippen LogP contribution in [0.5, 0.6) is 0 Å². The van der Waals surface area contributed by atoms with Crippen LogP contribution in [0.2, 0.25) is 5.02 Å². The number of hydrogen-bond donors (Lipinski definition) is 1. The number of benzene rings is 1. The molecule has 1 aromatic carbocycles. The Morgan fingerprint density at radius 3 is 2.81 bits per heavy atom. The maximum atomic E-state index is 13.0. The molecule has 0 atom stereocenters. The van der Waals surface area contributed by atoms with Crippen LogP contribution in [0.15, 0.2) is 36.5 Å². The maximum absolute atomic E-state index is 13.0. The monoisotopic (exact) mass is 236 g/mol. The molecule has 0 aliphatic carbocycles. The summed E-state index contributed by atoms with van der Waals surface area (Å²) >= 11 is 5.73. The minimum atomic E-state index is -0.427. The molecule has 0 amide bonds. The molecule has 82 valence electrons. The lowest BCUT2D eigenvalue weighted by atomic mass is 10.0. The molecular weight excluding hydrogens is 227 g/mol. The first-order valence-corrected chi connectivity index (χ1v) is 5.19. The highest BCUT2D eigenvalue weighted by Crippen LogP contribution is 2.26. The van der Waals surface area contributed by atoms with Gasteiger partial charge in [0.05, 0.1) is 10.7 Å². The van der Waals surface area contributed by atoms with Gasteiger partial charge in [-0.25, -0.2) is 4.39 Å². The minimum Gasteiger partial charge on any atom is -0.325 e. The lowest BCUT2D eigenvalue weighted by molar-refractivity contribution is 0.628. The van der Waals surface area contributed by atoms with E-state index in [0.29, 0.717) is 6.54 Å². The van der Waals surface area contributed by atoms with Crippen molar-refractivity contribution in [2.24, 2.45) is 5.73 Å². The predicted molar refractivity (Wildman–Crippen MR) is 62.5 cm³/mol. The molecule has 0 unspecified atom stereocenters. The van der Waals surface area contributed by atoms with Crippen molar-refractivity contribution in [1.82, 2.24) is 4.98 Å². The summed E-state index contributed by atoms with van der Waals surface area (Å²) in [6.45, 7) is 0.338. The molecule has 4 heteroatoms. The summed E-state index contributed by atoms with van der Waals surface area (Å²) in [5.74, 6) is -0.427. The number of aromatic nitrogens is 1. The topological polar surface area (TPSA) is 38.9 Å². The van der Waals surface area contributed by atoms with Gasteiger partial charge in [0.25, 0.3) is 0 Å². The highest BCUT2D eigenvalue weighted by atomic mass is 35.5. The summed E-state index contributed by atoms with van der Waals surface area (Å²) in [6, 6.07) is 8.28. The molecule has 0 spiro atoms. The fourth-order valence-corrected chi connectivity index (χ4v) is 1.71. The van der Waals surface area contributed by atoms with Gasteiger partial charge < -0.3 is 5.73 Å². The Bertz CT molecular complexity index is 514. The van der Waals surface area contributed by atoms with Gasteiger partial charge in [-0.1, -0.05) is 23.7 Å². The molecule has 16 heavy (non-hydrogen) atoms. The molecule has 2 rings (SSSR count). The van der Waals surface area contributed by atoms with Crippen molar-refractivity contribution in [2.75, 3.05) is 0 Å². The van der Waals surface area contributed by atoms with Crippen LogP contribution in [-0.2, 0) is 6.54 Å². The zero-order valence-electron chi connectivity index (χ0n) is 8.45. The zero-order valence-corrected chi connectivity index (χ0v) is 9.21. The van der Waals surface area contributed by atoms with Crippen LogP contribution in [0.3, 0.4) is 0 Å². The van der Waals surface area contributed by atoms with E-state index in [9.17, 15) is 4.39 Å². The van der Waals surface area contributed by atoms with Gasteiger partial charge in [-0.3, -0.25) is 4.98 Å². The standard InChI is InChI=1S/C12H10ClFN2/c13-10-6-8(3-4-11(10)14)9-2-1-5-16-12(9)7-15/h1-6H,7,15H2. The van der Waals surface area contributed by atoms with Crippen molar-refractivity contribution in [2.45, 2.75) is 6.54 Å². The summed E-state index contributed by atoms with van der Waals surface area (Å²) < 4.78 is 13.0. The van der Waals surface area contributed by atoms with E-state index < -0.39 is 5.82 Å². The third-order valence-corrected chi connectivity index (χ3v) is 2.60. The summed E-state index contributed by atoms with van der Waals surface area (Å²) in [4.78, 5) is 4.16. The molecule has 1 aromatic heterocycles. The molecule has 0 saturated heterocycles. The van der Waals surface area contributed by atoms with Crippen molar-refractivity contribution < 1.29 is 4.39 Å². The van der Waals surface area contributed by atoms with Crippen LogP contribution in [0, 0.1) is 5.82 Å². The van der Waals surface area contributed by atoms with Crippen LogP contribution in [0.4, 0.5) is 4.39 Å². The van der Waals surface area contributed by atoms with Crippen molar-refractivity contribution >= 4 is 11.6 Å². The lowest BCUT2D eigenvalue weighted by Crippen LogP contribution is -2.01. The summed E-state index contributed by atoms with van der Waals surface area (Å²) in [5, 5.41) is 0.101. The molecule has 0 radical (unpaired) electrons. The van der Waals surface area contributed by atoms with E-state index >= 15 is 0 Å². The van der Waals surface area contributed by atoms with Crippen molar-refractivity contribution in [1.29, 1.82) is 0 Å². The molecule has 2 N–H and O–H groups in total. The van der Waals surface area contributed by atoms with Crippen molar-refractivity contribution in [3.63, 3.8) is 0 Å². The Morgan fingerprint density at radius 2 is 2.12 bits per heavy atom. The van der Waals surface area contributed by atoms with Gasteiger partial charge in [0.2, 0.25) is 0 Å². The number of hydrogen-bond acceptors (Lipinski definition) is 2. The Labute approximate surface area is 97.9 Å². The minimum absolute atomic E-state index is 0.101. The molecule has 0 fully saturated rings. The Kier molecular flexibility index (Phi) is 3.17. The van der Waals surface area contributed by atoms with E-state index in [2.05, 4.69) is 4.98 Å². The highest BCUT2D eigenvalue weighted by Gasteiger charge is 2.07. The Hall–Kier alpha value is -1.45. The van der Waals surface area contributed by atoms with Crippen LogP contribution in [0.25, 0.3) is 11.1 Å². The third-order valence-electron chi connectivity index (χ3n) is 2.31. The van der Waals surface area contributed by atoms with Gasteiger partial charge >= 0.3 is 0 Å². The van der Waals surface area contributed by atoms with Gasteiger partial charge in [-0.2, -0.15) is 0 Å². The van der Waals surface area contributed by atoms with Gasteiger partial charge in [0, 0.05) is 18.3 Å². The van der Waals surface area contributed by atoms with Crippen molar-refractivity contribution in [3.05, 3.63) is 53.1 Å². The second kappa shape index (κ2) is 4.60. The predicted octanol–water partition coefficient (Wildman–Crippen LogP) is 3.00. The molecular formula is C12H10ClFN2. The maximum Gasteiger partial charge on any atom is 0.141 e. The fraction of sp³-hybridized carbons (Fsp3) is 0.0833. The average Bonchev–Trinajstić information content (AvgIpc) is 2.32. The lowest BCUT2D eigenvalue weighted by Gasteiger charge is -2.07. The molecule has 0 saturated carbocycles. The van der Waals surface area contributed by atoms with E-state index in [0.717, 1.165) is 16.8 Å². The first kappa shape index (κ1) is 11.0. The van der Waals surface area contributed by atoms with E-state index in [-0.39, 0.29) is 5.02 Å². The summed E-state index contributed by atoms with van der Waals surface area (Å²) in [6.07, 6.45) is 1.68. The van der Waals surface area contributed by atoms with Crippen molar-refractivity contribution in [3.8, 4) is 11.1 Å². The van der Waals surface area contributed by atoms with E-state index in [1.165, 1.54) is 6.07 Å². The quantitative estimate of drug-likeness (QED) is 0.871. The number of nitrogens with two attached hydrogens (primary N) is 1. The zero-order chi connectivity index (χ0) is 11.5. The van der Waals surface area contributed by atoms with Crippen LogP contribution in [-0.4, -0.2) is 4.98 Å².